The molecule has 23 heavy (non-hydrogen) atoms. The standard InChI is InChI=1S/C20H21NO2/c1-3-4-12-21(2)16-10-11-17-18(22)14-19(23-20(17)13-16)15-8-6-5-7-9-15/h5-11,13-14H,3-4,12H2,1-2H3. The molecule has 1 heterocycles. The molecule has 0 spiro atoms. The molecule has 0 aliphatic heterocycles. The minimum atomic E-state index is -0.00661. The van der Waals surface area contributed by atoms with E-state index in [-0.39, 0.29) is 5.43 Å². The number of fused-ring (bicyclic) bond motifs is 1. The lowest BCUT2D eigenvalue weighted by atomic mass is 10.1. The molecule has 0 N–H and O–H groups in total. The van der Waals surface area contributed by atoms with E-state index in [0.717, 1.165) is 30.6 Å². The molecule has 0 fully saturated rings. The number of benzene rings is 2. The van der Waals surface area contributed by atoms with Crippen LogP contribution in [0.15, 0.2) is 63.8 Å². The van der Waals surface area contributed by atoms with Crippen LogP contribution < -0.4 is 10.3 Å². The molecule has 0 atom stereocenters. The number of anilines is 1. The zero-order valence-electron chi connectivity index (χ0n) is 13.6. The highest BCUT2D eigenvalue weighted by molar-refractivity contribution is 5.82. The van der Waals surface area contributed by atoms with Crippen molar-refractivity contribution in [3.8, 4) is 11.3 Å². The van der Waals surface area contributed by atoms with Crippen molar-refractivity contribution in [3.63, 3.8) is 0 Å². The maximum Gasteiger partial charge on any atom is 0.193 e. The first-order valence-electron chi connectivity index (χ1n) is 8.03. The molecule has 0 unspecified atom stereocenters. The van der Waals surface area contributed by atoms with Gasteiger partial charge in [-0.2, -0.15) is 0 Å². The average molecular weight is 307 g/mol. The van der Waals surface area contributed by atoms with Crippen LogP contribution in [0.1, 0.15) is 19.8 Å². The first kappa shape index (κ1) is 15.3. The Morgan fingerprint density at radius 3 is 2.57 bits per heavy atom. The van der Waals surface area contributed by atoms with Crippen LogP contribution in [0.5, 0.6) is 0 Å². The summed E-state index contributed by atoms with van der Waals surface area (Å²) >= 11 is 0. The third-order valence-corrected chi connectivity index (χ3v) is 4.06. The number of nitrogens with zero attached hydrogens (tertiary/aromatic N) is 1. The molecule has 3 rings (SSSR count). The van der Waals surface area contributed by atoms with Gasteiger partial charge in [0.25, 0.3) is 0 Å². The molecule has 0 radical (unpaired) electrons. The number of hydrogen-bond acceptors (Lipinski definition) is 3. The predicted octanol–water partition coefficient (Wildman–Crippen LogP) is 4.70. The average Bonchev–Trinajstić information content (AvgIpc) is 2.59. The molecule has 2 aromatic carbocycles. The molecule has 0 amide bonds. The van der Waals surface area contributed by atoms with Crippen molar-refractivity contribution in [2.45, 2.75) is 19.8 Å². The van der Waals surface area contributed by atoms with Crippen LogP contribution in [-0.4, -0.2) is 13.6 Å². The van der Waals surface area contributed by atoms with Crippen molar-refractivity contribution < 1.29 is 4.42 Å². The maximum absolute atomic E-state index is 12.4. The quantitative estimate of drug-likeness (QED) is 0.685. The van der Waals surface area contributed by atoms with Gasteiger partial charge in [-0.25, -0.2) is 0 Å². The number of unbranched alkanes of at least 4 members (excludes halogenated alkanes) is 1. The van der Waals surface area contributed by atoms with E-state index in [1.165, 1.54) is 0 Å². The third-order valence-electron chi connectivity index (χ3n) is 4.06. The monoisotopic (exact) mass is 307 g/mol. The molecule has 1 aromatic heterocycles. The van der Waals surface area contributed by atoms with Crippen LogP contribution >= 0.6 is 0 Å². The summed E-state index contributed by atoms with van der Waals surface area (Å²) in [4.78, 5) is 14.5. The van der Waals surface area contributed by atoms with Crippen LogP contribution in [0.2, 0.25) is 0 Å². The lowest BCUT2D eigenvalue weighted by Crippen LogP contribution is -2.18. The van der Waals surface area contributed by atoms with Crippen molar-refractivity contribution in [3.05, 3.63) is 64.8 Å². The van der Waals surface area contributed by atoms with Crippen LogP contribution in [0, 0.1) is 0 Å². The Hall–Kier alpha value is -2.55. The SMILES string of the molecule is CCCCN(C)c1ccc2c(=O)cc(-c3ccccc3)oc2c1. The molecular weight excluding hydrogens is 286 g/mol. The first-order valence-corrected chi connectivity index (χ1v) is 8.03. The van der Waals surface area contributed by atoms with Crippen LogP contribution in [0.3, 0.4) is 0 Å². The molecule has 118 valence electrons. The van der Waals surface area contributed by atoms with Crippen molar-refractivity contribution in [1.82, 2.24) is 0 Å². The normalized spacial score (nSPS) is 10.9. The molecule has 0 aliphatic rings. The highest BCUT2D eigenvalue weighted by Gasteiger charge is 2.09. The largest absolute Gasteiger partial charge is 0.456 e. The molecule has 0 aliphatic carbocycles. The molecule has 0 saturated carbocycles. The van der Waals surface area contributed by atoms with Crippen LogP contribution in [-0.2, 0) is 0 Å². The van der Waals surface area contributed by atoms with Crippen molar-refractivity contribution in [2.24, 2.45) is 0 Å². The Morgan fingerprint density at radius 1 is 1.04 bits per heavy atom. The second-order valence-corrected chi connectivity index (χ2v) is 5.80. The summed E-state index contributed by atoms with van der Waals surface area (Å²) < 4.78 is 6.00. The molecule has 0 bridgehead atoms. The summed E-state index contributed by atoms with van der Waals surface area (Å²) in [6, 6.07) is 17.1. The van der Waals surface area contributed by atoms with Crippen LogP contribution in [0.4, 0.5) is 5.69 Å². The predicted molar refractivity (Wildman–Crippen MR) is 96.1 cm³/mol. The van der Waals surface area contributed by atoms with Gasteiger partial charge in [0.1, 0.15) is 11.3 Å². The van der Waals surface area contributed by atoms with Gasteiger partial charge < -0.3 is 9.32 Å². The van der Waals surface area contributed by atoms with Crippen molar-refractivity contribution >= 4 is 16.7 Å². The highest BCUT2D eigenvalue weighted by Crippen LogP contribution is 2.25. The first-order chi connectivity index (χ1) is 11.2. The van der Waals surface area contributed by atoms with E-state index in [4.69, 9.17) is 4.42 Å². The van der Waals surface area contributed by atoms with Crippen LogP contribution in [0.25, 0.3) is 22.3 Å². The topological polar surface area (TPSA) is 33.5 Å². The lowest BCUT2D eigenvalue weighted by molar-refractivity contribution is 0.618. The van der Waals surface area contributed by atoms with E-state index >= 15 is 0 Å². The van der Waals surface area contributed by atoms with Gasteiger partial charge in [0.15, 0.2) is 5.43 Å². The lowest BCUT2D eigenvalue weighted by Gasteiger charge is -2.19. The second-order valence-electron chi connectivity index (χ2n) is 5.80. The number of rotatable bonds is 5. The Kier molecular flexibility index (Phi) is 4.47. The Balaban J connectivity index is 2.05. The van der Waals surface area contributed by atoms with Gasteiger partial charge in [0.2, 0.25) is 0 Å². The van der Waals surface area contributed by atoms with Gasteiger partial charge in [-0.1, -0.05) is 43.7 Å². The molecule has 3 nitrogen and oxygen atoms in total. The van der Waals surface area contributed by atoms with Gasteiger partial charge in [-0.05, 0) is 18.6 Å². The molecule has 0 saturated heterocycles. The van der Waals surface area contributed by atoms with E-state index in [1.54, 1.807) is 6.07 Å². The summed E-state index contributed by atoms with van der Waals surface area (Å²) in [5.74, 6) is 0.608. The Morgan fingerprint density at radius 2 is 1.83 bits per heavy atom. The minimum Gasteiger partial charge on any atom is -0.456 e. The summed E-state index contributed by atoms with van der Waals surface area (Å²) in [6.45, 7) is 3.17. The Bertz CT molecular complexity index is 852. The van der Waals surface area contributed by atoms with E-state index in [0.29, 0.717) is 16.7 Å². The zero-order chi connectivity index (χ0) is 16.2. The summed E-state index contributed by atoms with van der Waals surface area (Å²) in [5.41, 5.74) is 2.61. The zero-order valence-corrected chi connectivity index (χ0v) is 13.6. The maximum atomic E-state index is 12.4. The van der Waals surface area contributed by atoms with Gasteiger partial charge in [0, 0.05) is 37.0 Å². The fraction of sp³-hybridized carbons (Fsp3) is 0.250. The molecule has 3 heteroatoms. The summed E-state index contributed by atoms with van der Waals surface area (Å²) in [7, 11) is 2.07. The Labute approximate surface area is 136 Å². The van der Waals surface area contributed by atoms with Gasteiger partial charge in [0.05, 0.1) is 5.39 Å². The smallest absolute Gasteiger partial charge is 0.193 e. The van der Waals surface area contributed by atoms with Gasteiger partial charge in [-0.15, -0.1) is 0 Å². The number of hydrogen-bond donors (Lipinski definition) is 0. The van der Waals surface area contributed by atoms with E-state index in [9.17, 15) is 4.79 Å². The second kappa shape index (κ2) is 6.69. The van der Waals surface area contributed by atoms with Gasteiger partial charge >= 0.3 is 0 Å². The van der Waals surface area contributed by atoms with Gasteiger partial charge in [-0.3, -0.25) is 4.79 Å². The van der Waals surface area contributed by atoms with Crippen molar-refractivity contribution in [1.29, 1.82) is 0 Å². The fourth-order valence-corrected chi connectivity index (χ4v) is 2.65. The van der Waals surface area contributed by atoms with Crippen molar-refractivity contribution in [2.75, 3.05) is 18.5 Å². The highest BCUT2D eigenvalue weighted by atomic mass is 16.3. The van der Waals surface area contributed by atoms with E-state index < -0.39 is 0 Å². The minimum absolute atomic E-state index is 0.00661. The van der Waals surface area contributed by atoms with E-state index in [1.807, 2.05) is 48.5 Å². The third kappa shape index (κ3) is 3.29. The fourth-order valence-electron chi connectivity index (χ4n) is 2.65. The molecular formula is C20H21NO2. The summed E-state index contributed by atoms with van der Waals surface area (Å²) in [5, 5.41) is 0.623. The van der Waals surface area contributed by atoms with E-state index in [2.05, 4.69) is 18.9 Å². The molecule has 3 aromatic rings. The summed E-state index contributed by atoms with van der Waals surface area (Å²) in [6.07, 6.45) is 2.30.